The van der Waals surface area contributed by atoms with Crippen LogP contribution in [0.1, 0.15) is 13.3 Å². The van der Waals surface area contributed by atoms with Crippen LogP contribution in [0.3, 0.4) is 0 Å². The summed E-state index contributed by atoms with van der Waals surface area (Å²) in [7, 11) is 0. The lowest BCUT2D eigenvalue weighted by Gasteiger charge is -2.30. The largest absolute Gasteiger partial charge is 0.394 e. The summed E-state index contributed by atoms with van der Waals surface area (Å²) < 4.78 is 0.937. The predicted octanol–water partition coefficient (Wildman–Crippen LogP) is 1.24. The molecular weight excluding hydrogens is 238 g/mol. The maximum absolute atomic E-state index is 9.40. The Kier molecular flexibility index (Phi) is 3.56. The van der Waals surface area contributed by atoms with Gasteiger partial charge in [-0.25, -0.2) is 9.97 Å². The van der Waals surface area contributed by atoms with Crippen LogP contribution in [0.25, 0.3) is 10.2 Å². The third kappa shape index (κ3) is 2.24. The number of aromatic nitrogens is 2. The molecule has 2 aromatic heterocycles. The van der Waals surface area contributed by atoms with Gasteiger partial charge in [0.15, 0.2) is 0 Å². The summed E-state index contributed by atoms with van der Waals surface area (Å²) in [5, 5.41) is 23.9. The van der Waals surface area contributed by atoms with Gasteiger partial charge < -0.3 is 15.5 Å². The first-order chi connectivity index (χ1) is 8.24. The zero-order valence-corrected chi connectivity index (χ0v) is 10.4. The van der Waals surface area contributed by atoms with Gasteiger partial charge in [-0.15, -0.1) is 11.3 Å². The van der Waals surface area contributed by atoms with E-state index in [1.807, 2.05) is 18.4 Å². The lowest BCUT2D eigenvalue weighted by molar-refractivity contribution is 0.132. The Morgan fingerprint density at radius 2 is 2.12 bits per heavy atom. The summed E-state index contributed by atoms with van der Waals surface area (Å²) in [6.45, 7) is 1.62. The lowest BCUT2D eigenvalue weighted by atomic mass is 9.98. The van der Waals surface area contributed by atoms with Crippen molar-refractivity contribution in [3.63, 3.8) is 0 Å². The fraction of sp³-hybridized carbons (Fsp3) is 0.455. The molecule has 0 unspecified atom stereocenters. The van der Waals surface area contributed by atoms with Gasteiger partial charge in [0.25, 0.3) is 0 Å². The minimum Gasteiger partial charge on any atom is -0.394 e. The molecule has 6 heteroatoms. The second-order valence-corrected chi connectivity index (χ2v) is 4.85. The molecule has 2 aromatic rings. The van der Waals surface area contributed by atoms with Crippen molar-refractivity contribution in [2.75, 3.05) is 18.5 Å². The molecule has 0 aliphatic carbocycles. The van der Waals surface area contributed by atoms with Crippen molar-refractivity contribution in [3.8, 4) is 0 Å². The number of aliphatic hydroxyl groups is 2. The Morgan fingerprint density at radius 1 is 1.35 bits per heavy atom. The number of hydrogen-bond acceptors (Lipinski definition) is 6. The highest BCUT2D eigenvalue weighted by molar-refractivity contribution is 7.17. The van der Waals surface area contributed by atoms with Crippen molar-refractivity contribution in [2.45, 2.75) is 18.9 Å². The number of nitrogens with zero attached hydrogens (tertiary/aromatic N) is 2. The van der Waals surface area contributed by atoms with Crippen molar-refractivity contribution in [3.05, 3.63) is 17.8 Å². The molecule has 0 aliphatic rings. The lowest BCUT2D eigenvalue weighted by Crippen LogP contribution is -2.45. The van der Waals surface area contributed by atoms with E-state index in [1.165, 1.54) is 17.7 Å². The number of thiophene rings is 1. The number of rotatable bonds is 5. The van der Waals surface area contributed by atoms with Gasteiger partial charge >= 0.3 is 0 Å². The highest BCUT2D eigenvalue weighted by atomic mass is 32.1. The van der Waals surface area contributed by atoms with Crippen LogP contribution < -0.4 is 5.32 Å². The van der Waals surface area contributed by atoms with Gasteiger partial charge in [0, 0.05) is 0 Å². The highest BCUT2D eigenvalue weighted by Crippen LogP contribution is 2.27. The number of hydrogen-bond donors (Lipinski definition) is 3. The molecule has 3 N–H and O–H groups in total. The molecule has 2 heterocycles. The highest BCUT2D eigenvalue weighted by Gasteiger charge is 2.27. The Bertz CT molecular complexity index is 488. The monoisotopic (exact) mass is 253 g/mol. The van der Waals surface area contributed by atoms with E-state index in [0.29, 0.717) is 12.2 Å². The first kappa shape index (κ1) is 12.2. The van der Waals surface area contributed by atoms with Gasteiger partial charge in [0.2, 0.25) is 0 Å². The quantitative estimate of drug-likeness (QED) is 0.747. The first-order valence-corrected chi connectivity index (χ1v) is 6.31. The SMILES string of the molecule is CCC(CO)(CO)Nc1ncnc2ccsc12. The second-order valence-electron chi connectivity index (χ2n) is 3.93. The van der Waals surface area contributed by atoms with Crippen molar-refractivity contribution < 1.29 is 10.2 Å². The molecule has 0 saturated heterocycles. The van der Waals surface area contributed by atoms with Crippen molar-refractivity contribution >= 4 is 27.4 Å². The van der Waals surface area contributed by atoms with Crippen LogP contribution in [0.2, 0.25) is 0 Å². The van der Waals surface area contributed by atoms with Crippen LogP contribution in [0.15, 0.2) is 17.8 Å². The Morgan fingerprint density at radius 3 is 2.76 bits per heavy atom. The van der Waals surface area contributed by atoms with Gasteiger partial charge in [-0.3, -0.25) is 0 Å². The fourth-order valence-electron chi connectivity index (χ4n) is 1.57. The molecule has 5 nitrogen and oxygen atoms in total. The van der Waals surface area contributed by atoms with Crippen LogP contribution in [0.5, 0.6) is 0 Å². The van der Waals surface area contributed by atoms with E-state index < -0.39 is 5.54 Å². The molecule has 92 valence electrons. The van der Waals surface area contributed by atoms with Crippen LogP contribution in [-0.2, 0) is 0 Å². The smallest absolute Gasteiger partial charge is 0.148 e. The van der Waals surface area contributed by atoms with Gasteiger partial charge in [-0.05, 0) is 17.9 Å². The third-order valence-electron chi connectivity index (χ3n) is 2.91. The number of nitrogens with one attached hydrogen (secondary N) is 1. The van der Waals surface area contributed by atoms with Gasteiger partial charge in [-0.2, -0.15) is 0 Å². The number of fused-ring (bicyclic) bond motifs is 1. The normalized spacial score (nSPS) is 11.9. The van der Waals surface area contributed by atoms with Gasteiger partial charge in [0.1, 0.15) is 12.1 Å². The summed E-state index contributed by atoms with van der Waals surface area (Å²) in [5.41, 5.74) is 0.138. The molecule has 0 aromatic carbocycles. The molecule has 0 fully saturated rings. The zero-order chi connectivity index (χ0) is 12.3. The van der Waals surface area contributed by atoms with E-state index >= 15 is 0 Å². The van der Waals surface area contributed by atoms with Crippen LogP contribution in [0.4, 0.5) is 5.82 Å². The topological polar surface area (TPSA) is 78.3 Å². The molecule has 0 aliphatic heterocycles. The van der Waals surface area contributed by atoms with Crippen molar-refractivity contribution in [1.82, 2.24) is 9.97 Å². The average Bonchev–Trinajstić information content (AvgIpc) is 2.85. The summed E-state index contributed by atoms with van der Waals surface area (Å²) in [5.74, 6) is 0.662. The Balaban J connectivity index is 2.37. The van der Waals surface area contributed by atoms with Gasteiger partial charge in [0.05, 0.1) is 29.0 Å². The average molecular weight is 253 g/mol. The summed E-state index contributed by atoms with van der Waals surface area (Å²) in [4.78, 5) is 8.32. The Hall–Kier alpha value is -1.24. The second kappa shape index (κ2) is 4.95. The minimum atomic E-state index is -0.731. The van der Waals surface area contributed by atoms with E-state index in [0.717, 1.165) is 10.2 Å². The molecule has 17 heavy (non-hydrogen) atoms. The molecule has 2 rings (SSSR count). The molecule has 0 spiro atoms. The third-order valence-corrected chi connectivity index (χ3v) is 3.82. The molecule has 0 amide bonds. The number of anilines is 1. The van der Waals surface area contributed by atoms with Gasteiger partial charge in [-0.1, -0.05) is 6.92 Å². The summed E-state index contributed by atoms with van der Waals surface area (Å²) >= 11 is 1.54. The van der Waals surface area contributed by atoms with E-state index in [2.05, 4.69) is 15.3 Å². The Labute approximate surface area is 103 Å². The fourth-order valence-corrected chi connectivity index (χ4v) is 2.36. The van der Waals surface area contributed by atoms with Crippen molar-refractivity contribution in [1.29, 1.82) is 0 Å². The van der Waals surface area contributed by atoms with Crippen LogP contribution >= 0.6 is 11.3 Å². The molecule has 0 atom stereocenters. The van der Waals surface area contributed by atoms with E-state index in [4.69, 9.17) is 0 Å². The maximum Gasteiger partial charge on any atom is 0.148 e. The summed E-state index contributed by atoms with van der Waals surface area (Å²) in [6, 6.07) is 1.92. The first-order valence-electron chi connectivity index (χ1n) is 5.43. The molecule has 0 radical (unpaired) electrons. The van der Waals surface area contributed by atoms with E-state index in [-0.39, 0.29) is 13.2 Å². The summed E-state index contributed by atoms with van der Waals surface area (Å²) in [6.07, 6.45) is 2.09. The van der Waals surface area contributed by atoms with E-state index in [9.17, 15) is 10.2 Å². The van der Waals surface area contributed by atoms with E-state index in [1.54, 1.807) is 0 Å². The minimum absolute atomic E-state index is 0.142. The molecule has 0 bridgehead atoms. The zero-order valence-electron chi connectivity index (χ0n) is 9.55. The number of aliphatic hydroxyl groups excluding tert-OH is 2. The van der Waals surface area contributed by atoms with Crippen molar-refractivity contribution in [2.24, 2.45) is 0 Å². The predicted molar refractivity (Wildman–Crippen MR) is 68.2 cm³/mol. The standard InChI is InChI=1S/C11H15N3O2S/c1-2-11(5-15,6-16)14-10-9-8(3-4-17-9)12-7-13-10/h3-4,7,15-16H,2,5-6H2,1H3,(H,12,13,14). The molecular formula is C11H15N3O2S. The molecule has 0 saturated carbocycles. The maximum atomic E-state index is 9.40. The van der Waals surface area contributed by atoms with Crippen LogP contribution in [-0.4, -0.2) is 38.9 Å². The van der Waals surface area contributed by atoms with Crippen LogP contribution in [0, 0.1) is 0 Å².